The predicted octanol–water partition coefficient (Wildman–Crippen LogP) is 3.94. The number of aryl methyl sites for hydroxylation is 2. The summed E-state index contributed by atoms with van der Waals surface area (Å²) >= 11 is 0. The van der Waals surface area contributed by atoms with Gasteiger partial charge in [-0.1, -0.05) is 0 Å². The largest absolute Gasteiger partial charge is 0.496 e. The first-order valence-corrected chi connectivity index (χ1v) is 6.99. The molecular formula is C18H20O3. The molecule has 0 aliphatic rings. The second kappa shape index (κ2) is 6.44. The molecule has 0 heterocycles. The second-order valence-corrected chi connectivity index (χ2v) is 4.92. The molecule has 2 rings (SSSR count). The first-order chi connectivity index (χ1) is 10.1. The van der Waals surface area contributed by atoms with Crippen molar-refractivity contribution in [1.29, 1.82) is 0 Å². The van der Waals surface area contributed by atoms with Crippen LogP contribution >= 0.6 is 0 Å². The molecule has 0 aromatic heterocycles. The minimum atomic E-state index is 0.0151. The van der Waals surface area contributed by atoms with Gasteiger partial charge in [-0.25, -0.2) is 0 Å². The molecule has 0 N–H and O–H groups in total. The third-order valence-electron chi connectivity index (χ3n) is 3.41. The molecule has 0 saturated heterocycles. The van der Waals surface area contributed by atoms with E-state index < -0.39 is 0 Å². The Hall–Kier alpha value is -2.29. The lowest BCUT2D eigenvalue weighted by Gasteiger charge is -2.11. The molecule has 0 fully saturated rings. The number of carbonyl (C=O) groups is 1. The third kappa shape index (κ3) is 3.24. The first-order valence-electron chi connectivity index (χ1n) is 6.99. The molecule has 0 radical (unpaired) electrons. The van der Waals surface area contributed by atoms with Crippen LogP contribution in [0.3, 0.4) is 0 Å². The van der Waals surface area contributed by atoms with E-state index in [9.17, 15) is 4.79 Å². The lowest BCUT2D eigenvalue weighted by molar-refractivity contribution is 0.103. The number of hydrogen-bond donors (Lipinski definition) is 0. The van der Waals surface area contributed by atoms with E-state index in [1.165, 1.54) is 0 Å². The molecule has 0 spiro atoms. The number of rotatable bonds is 5. The fourth-order valence-electron chi connectivity index (χ4n) is 2.28. The second-order valence-electron chi connectivity index (χ2n) is 4.92. The molecule has 2 aromatic rings. The first kappa shape index (κ1) is 15.1. The Kier molecular flexibility index (Phi) is 4.63. The Bertz CT molecular complexity index is 642. The molecule has 0 atom stereocenters. The normalized spacial score (nSPS) is 10.3. The summed E-state index contributed by atoms with van der Waals surface area (Å²) in [5.41, 5.74) is 3.23. The zero-order chi connectivity index (χ0) is 15.4. The van der Waals surface area contributed by atoms with E-state index in [1.807, 2.05) is 45.0 Å². The highest BCUT2D eigenvalue weighted by Crippen LogP contribution is 2.25. The van der Waals surface area contributed by atoms with Crippen LogP contribution in [0, 0.1) is 13.8 Å². The summed E-state index contributed by atoms with van der Waals surface area (Å²) in [7, 11) is 1.63. The van der Waals surface area contributed by atoms with E-state index in [-0.39, 0.29) is 5.78 Å². The molecule has 3 heteroatoms. The zero-order valence-electron chi connectivity index (χ0n) is 12.9. The van der Waals surface area contributed by atoms with E-state index in [0.29, 0.717) is 17.7 Å². The highest BCUT2D eigenvalue weighted by Gasteiger charge is 2.14. The van der Waals surface area contributed by atoms with Crippen LogP contribution in [0.25, 0.3) is 0 Å². The SMILES string of the molecule is CCOc1ccc(C(=O)c2cc(C)c(OC)cc2C)cc1. The molecule has 0 unspecified atom stereocenters. The Balaban J connectivity index is 2.33. The fraction of sp³-hybridized carbons (Fsp3) is 0.278. The monoisotopic (exact) mass is 284 g/mol. The van der Waals surface area contributed by atoms with Crippen LogP contribution in [0.1, 0.15) is 34.0 Å². The molecule has 0 saturated carbocycles. The van der Waals surface area contributed by atoms with Gasteiger partial charge in [0.05, 0.1) is 13.7 Å². The standard InChI is InChI=1S/C18H20O3/c1-5-21-15-8-6-14(7-9-15)18(19)16-10-13(3)17(20-4)11-12(16)2/h6-11H,5H2,1-4H3. The molecule has 110 valence electrons. The van der Waals surface area contributed by atoms with Crippen molar-refractivity contribution in [2.24, 2.45) is 0 Å². The van der Waals surface area contributed by atoms with Gasteiger partial charge in [-0.05, 0) is 68.3 Å². The topological polar surface area (TPSA) is 35.5 Å². The highest BCUT2D eigenvalue weighted by molar-refractivity contribution is 6.10. The van der Waals surface area contributed by atoms with Gasteiger partial charge < -0.3 is 9.47 Å². The van der Waals surface area contributed by atoms with Crippen molar-refractivity contribution >= 4 is 5.78 Å². The smallest absolute Gasteiger partial charge is 0.193 e. The van der Waals surface area contributed by atoms with Gasteiger partial charge >= 0.3 is 0 Å². The van der Waals surface area contributed by atoms with Crippen LogP contribution in [-0.2, 0) is 0 Å². The summed E-state index contributed by atoms with van der Waals surface area (Å²) in [6, 6.07) is 11.0. The van der Waals surface area contributed by atoms with Gasteiger partial charge in [0, 0.05) is 11.1 Å². The van der Waals surface area contributed by atoms with Crippen LogP contribution < -0.4 is 9.47 Å². The Morgan fingerprint density at radius 2 is 1.71 bits per heavy atom. The van der Waals surface area contributed by atoms with Gasteiger partial charge in [0.1, 0.15) is 11.5 Å². The Morgan fingerprint density at radius 1 is 1.05 bits per heavy atom. The van der Waals surface area contributed by atoms with Crippen LogP contribution in [0.4, 0.5) is 0 Å². The molecule has 0 aliphatic carbocycles. The predicted molar refractivity (Wildman–Crippen MR) is 83.5 cm³/mol. The van der Waals surface area contributed by atoms with E-state index in [0.717, 1.165) is 22.6 Å². The Labute approximate surface area is 125 Å². The van der Waals surface area contributed by atoms with E-state index >= 15 is 0 Å². The quantitative estimate of drug-likeness (QED) is 0.780. The van der Waals surface area contributed by atoms with Crippen molar-refractivity contribution in [3.8, 4) is 11.5 Å². The van der Waals surface area contributed by atoms with Crippen molar-refractivity contribution in [3.63, 3.8) is 0 Å². The summed E-state index contributed by atoms with van der Waals surface area (Å²) in [6.45, 7) is 6.41. The Morgan fingerprint density at radius 3 is 2.29 bits per heavy atom. The molecular weight excluding hydrogens is 264 g/mol. The van der Waals surface area contributed by atoms with Crippen molar-refractivity contribution in [1.82, 2.24) is 0 Å². The lowest BCUT2D eigenvalue weighted by Crippen LogP contribution is -2.05. The van der Waals surface area contributed by atoms with Gasteiger partial charge in [0.15, 0.2) is 5.78 Å². The average molecular weight is 284 g/mol. The number of benzene rings is 2. The van der Waals surface area contributed by atoms with Crippen LogP contribution in [-0.4, -0.2) is 19.5 Å². The summed E-state index contributed by atoms with van der Waals surface area (Å²) in [6.07, 6.45) is 0. The van der Waals surface area contributed by atoms with Crippen LogP contribution in [0.15, 0.2) is 36.4 Å². The van der Waals surface area contributed by atoms with Crippen molar-refractivity contribution in [2.75, 3.05) is 13.7 Å². The van der Waals surface area contributed by atoms with Gasteiger partial charge in [-0.15, -0.1) is 0 Å². The maximum atomic E-state index is 12.6. The minimum absolute atomic E-state index is 0.0151. The fourth-order valence-corrected chi connectivity index (χ4v) is 2.28. The van der Waals surface area contributed by atoms with E-state index in [1.54, 1.807) is 19.2 Å². The molecule has 2 aromatic carbocycles. The van der Waals surface area contributed by atoms with E-state index in [4.69, 9.17) is 9.47 Å². The number of carbonyl (C=O) groups excluding carboxylic acids is 1. The van der Waals surface area contributed by atoms with Crippen molar-refractivity contribution < 1.29 is 14.3 Å². The van der Waals surface area contributed by atoms with Crippen LogP contribution in [0.2, 0.25) is 0 Å². The lowest BCUT2D eigenvalue weighted by atomic mass is 9.96. The summed E-state index contributed by atoms with van der Waals surface area (Å²) in [4.78, 5) is 12.6. The number of methoxy groups -OCH3 is 1. The third-order valence-corrected chi connectivity index (χ3v) is 3.41. The van der Waals surface area contributed by atoms with Gasteiger partial charge in [-0.3, -0.25) is 4.79 Å². The molecule has 0 amide bonds. The van der Waals surface area contributed by atoms with Crippen LogP contribution in [0.5, 0.6) is 11.5 Å². The van der Waals surface area contributed by atoms with Gasteiger partial charge in [-0.2, -0.15) is 0 Å². The highest BCUT2D eigenvalue weighted by atomic mass is 16.5. The summed E-state index contributed by atoms with van der Waals surface area (Å²) in [5, 5.41) is 0. The van der Waals surface area contributed by atoms with Gasteiger partial charge in [0.2, 0.25) is 0 Å². The minimum Gasteiger partial charge on any atom is -0.496 e. The summed E-state index contributed by atoms with van der Waals surface area (Å²) in [5.74, 6) is 1.59. The van der Waals surface area contributed by atoms with Crippen molar-refractivity contribution in [2.45, 2.75) is 20.8 Å². The summed E-state index contributed by atoms with van der Waals surface area (Å²) < 4.78 is 10.7. The number of ether oxygens (including phenoxy) is 2. The molecule has 0 bridgehead atoms. The maximum absolute atomic E-state index is 12.6. The molecule has 3 nitrogen and oxygen atoms in total. The number of hydrogen-bond acceptors (Lipinski definition) is 3. The maximum Gasteiger partial charge on any atom is 0.193 e. The van der Waals surface area contributed by atoms with Crippen molar-refractivity contribution in [3.05, 3.63) is 58.7 Å². The van der Waals surface area contributed by atoms with Gasteiger partial charge in [0.25, 0.3) is 0 Å². The van der Waals surface area contributed by atoms with E-state index in [2.05, 4.69) is 0 Å². The zero-order valence-corrected chi connectivity index (χ0v) is 12.9. The average Bonchev–Trinajstić information content (AvgIpc) is 2.49. The molecule has 21 heavy (non-hydrogen) atoms. The number of ketones is 1. The molecule has 0 aliphatic heterocycles.